The van der Waals surface area contributed by atoms with Crippen LogP contribution in [0.25, 0.3) is 22.0 Å². The van der Waals surface area contributed by atoms with Gasteiger partial charge >= 0.3 is 0 Å². The lowest BCUT2D eigenvalue weighted by Gasteiger charge is -2.36. The average Bonchev–Trinajstić information content (AvgIpc) is 2.49. The second-order valence-electron chi connectivity index (χ2n) is 5.40. The summed E-state index contributed by atoms with van der Waals surface area (Å²) >= 11 is 0. The number of pyridine rings is 2. The third-order valence-electron chi connectivity index (χ3n) is 4.06. The molecule has 2 aromatic heterocycles. The van der Waals surface area contributed by atoms with E-state index in [9.17, 15) is 9.18 Å². The van der Waals surface area contributed by atoms with Crippen molar-refractivity contribution in [2.45, 2.75) is 6.42 Å². The van der Waals surface area contributed by atoms with Crippen LogP contribution in [-0.4, -0.2) is 22.7 Å². The lowest BCUT2D eigenvalue weighted by Crippen LogP contribution is -2.51. The van der Waals surface area contributed by atoms with E-state index in [1.54, 1.807) is 41.3 Å². The molecule has 3 aromatic rings. The quantitative estimate of drug-likeness (QED) is 0.729. The highest BCUT2D eigenvalue weighted by Crippen LogP contribution is 2.25. The molecule has 1 fully saturated rings. The Kier molecular flexibility index (Phi) is 2.92. The molecule has 110 valence electrons. The zero-order valence-electron chi connectivity index (χ0n) is 11.9. The molecule has 5 heteroatoms. The highest BCUT2D eigenvalue weighted by molar-refractivity contribution is 5.84. The van der Waals surface area contributed by atoms with Crippen LogP contribution in [0.15, 0.2) is 53.6 Å². The van der Waals surface area contributed by atoms with Gasteiger partial charge in [-0.2, -0.15) is 0 Å². The molecule has 22 heavy (non-hydrogen) atoms. The summed E-state index contributed by atoms with van der Waals surface area (Å²) in [5.41, 5.74) is 0.871. The monoisotopic (exact) mass is 295 g/mol. The maximum Gasteiger partial charge on any atom is 0.278 e. The van der Waals surface area contributed by atoms with Gasteiger partial charge in [-0.3, -0.25) is 9.78 Å². The SMILES string of the molecule is O=c1c2cnccc2cc(-c2ccccc2F)n1N1CCC1. The maximum absolute atomic E-state index is 14.2. The number of rotatable bonds is 2. The summed E-state index contributed by atoms with van der Waals surface area (Å²) in [6, 6.07) is 10.2. The Balaban J connectivity index is 2.08. The first-order chi connectivity index (χ1) is 10.8. The second kappa shape index (κ2) is 4.94. The van der Waals surface area contributed by atoms with Gasteiger partial charge in [0.2, 0.25) is 0 Å². The van der Waals surface area contributed by atoms with Gasteiger partial charge in [0.15, 0.2) is 0 Å². The van der Waals surface area contributed by atoms with Crippen LogP contribution in [0.2, 0.25) is 0 Å². The summed E-state index contributed by atoms with van der Waals surface area (Å²) in [5.74, 6) is -0.329. The normalized spacial score (nSPS) is 14.1. The molecule has 0 aliphatic carbocycles. The Bertz CT molecular complexity index is 915. The molecule has 0 radical (unpaired) electrons. The van der Waals surface area contributed by atoms with Crippen molar-refractivity contribution in [2.24, 2.45) is 0 Å². The van der Waals surface area contributed by atoms with E-state index in [0.717, 1.165) is 24.9 Å². The molecule has 3 heterocycles. The van der Waals surface area contributed by atoms with Crippen LogP contribution < -0.4 is 10.6 Å². The number of hydrogen-bond donors (Lipinski definition) is 0. The maximum atomic E-state index is 14.2. The molecule has 4 rings (SSSR count). The van der Waals surface area contributed by atoms with Crippen LogP contribution in [0.4, 0.5) is 4.39 Å². The van der Waals surface area contributed by atoms with Crippen LogP contribution in [0, 0.1) is 5.82 Å². The fourth-order valence-electron chi connectivity index (χ4n) is 2.78. The predicted octanol–water partition coefficient (Wildman–Crippen LogP) is 2.54. The van der Waals surface area contributed by atoms with Crippen LogP contribution in [0.5, 0.6) is 0 Å². The average molecular weight is 295 g/mol. The summed E-state index contributed by atoms with van der Waals surface area (Å²) in [6.07, 6.45) is 4.24. The smallest absolute Gasteiger partial charge is 0.278 e. The summed E-state index contributed by atoms with van der Waals surface area (Å²) in [5, 5.41) is 3.26. The minimum absolute atomic E-state index is 0.149. The third-order valence-corrected chi connectivity index (χ3v) is 4.06. The molecule has 1 aliphatic heterocycles. The summed E-state index contributed by atoms with van der Waals surface area (Å²) in [7, 11) is 0. The van der Waals surface area contributed by atoms with Crippen molar-refractivity contribution in [1.82, 2.24) is 9.66 Å². The minimum atomic E-state index is -0.329. The number of halogens is 1. The standard InChI is InChI=1S/C17H14FN3O/c18-15-5-2-1-4-13(15)16-10-12-6-7-19-11-14(12)17(22)21(16)20-8-3-9-20/h1-2,4-7,10-11H,3,8-9H2. The third kappa shape index (κ3) is 1.89. The molecular weight excluding hydrogens is 281 g/mol. The first kappa shape index (κ1) is 13.0. The minimum Gasteiger partial charge on any atom is -0.309 e. The number of aromatic nitrogens is 2. The van der Waals surface area contributed by atoms with Gasteiger partial charge in [-0.1, -0.05) is 12.1 Å². The number of nitrogens with zero attached hydrogens (tertiary/aromatic N) is 3. The van der Waals surface area contributed by atoms with Gasteiger partial charge in [0.25, 0.3) is 5.56 Å². The largest absolute Gasteiger partial charge is 0.309 e. The number of hydrogen-bond acceptors (Lipinski definition) is 3. The van der Waals surface area contributed by atoms with E-state index in [1.807, 2.05) is 11.1 Å². The molecule has 0 saturated carbocycles. The van der Waals surface area contributed by atoms with Gasteiger partial charge in [0.1, 0.15) is 5.82 Å². The number of fused-ring (bicyclic) bond motifs is 1. The summed E-state index contributed by atoms with van der Waals surface area (Å²) in [6.45, 7) is 1.60. The van der Waals surface area contributed by atoms with Crippen molar-refractivity contribution in [3.63, 3.8) is 0 Å². The van der Waals surface area contributed by atoms with Gasteiger partial charge in [0, 0.05) is 31.0 Å². The molecule has 0 atom stereocenters. The van der Waals surface area contributed by atoms with Crippen LogP contribution >= 0.6 is 0 Å². The van der Waals surface area contributed by atoms with Crippen molar-refractivity contribution in [3.05, 3.63) is 65.0 Å². The predicted molar refractivity (Wildman–Crippen MR) is 84.0 cm³/mol. The lowest BCUT2D eigenvalue weighted by molar-refractivity contribution is 0.464. The van der Waals surface area contributed by atoms with E-state index in [-0.39, 0.29) is 11.4 Å². The molecule has 4 nitrogen and oxygen atoms in total. The molecule has 0 spiro atoms. The van der Waals surface area contributed by atoms with E-state index in [1.165, 1.54) is 6.07 Å². The molecular formula is C17H14FN3O. The zero-order valence-corrected chi connectivity index (χ0v) is 11.9. The van der Waals surface area contributed by atoms with Crippen molar-refractivity contribution in [3.8, 4) is 11.3 Å². The van der Waals surface area contributed by atoms with Gasteiger partial charge in [-0.25, -0.2) is 9.07 Å². The molecule has 0 N–H and O–H groups in total. The molecule has 1 aromatic carbocycles. The molecule has 0 amide bonds. The molecule has 1 aliphatic rings. The Morgan fingerprint density at radius 2 is 1.95 bits per heavy atom. The van der Waals surface area contributed by atoms with E-state index in [0.29, 0.717) is 16.6 Å². The lowest BCUT2D eigenvalue weighted by atomic mass is 10.1. The Morgan fingerprint density at radius 1 is 1.14 bits per heavy atom. The topological polar surface area (TPSA) is 38.1 Å². The fraction of sp³-hybridized carbons (Fsp3) is 0.176. The highest BCUT2D eigenvalue weighted by Gasteiger charge is 2.22. The van der Waals surface area contributed by atoms with Gasteiger partial charge in [0.05, 0.1) is 11.1 Å². The number of benzene rings is 1. The Morgan fingerprint density at radius 3 is 2.68 bits per heavy atom. The van der Waals surface area contributed by atoms with E-state index < -0.39 is 0 Å². The van der Waals surface area contributed by atoms with Crippen molar-refractivity contribution in [2.75, 3.05) is 18.1 Å². The second-order valence-corrected chi connectivity index (χ2v) is 5.40. The van der Waals surface area contributed by atoms with E-state index in [2.05, 4.69) is 4.98 Å². The van der Waals surface area contributed by atoms with Gasteiger partial charge in [-0.15, -0.1) is 0 Å². The Labute approximate surface area is 126 Å². The highest BCUT2D eigenvalue weighted by atomic mass is 19.1. The summed E-state index contributed by atoms with van der Waals surface area (Å²) < 4.78 is 15.8. The first-order valence-electron chi connectivity index (χ1n) is 7.25. The fourth-order valence-corrected chi connectivity index (χ4v) is 2.78. The van der Waals surface area contributed by atoms with E-state index >= 15 is 0 Å². The van der Waals surface area contributed by atoms with Crippen molar-refractivity contribution < 1.29 is 4.39 Å². The van der Waals surface area contributed by atoms with Crippen LogP contribution in [0.1, 0.15) is 6.42 Å². The van der Waals surface area contributed by atoms with Crippen molar-refractivity contribution in [1.29, 1.82) is 0 Å². The molecule has 0 unspecified atom stereocenters. The van der Waals surface area contributed by atoms with Gasteiger partial charge in [-0.05, 0) is 36.1 Å². The van der Waals surface area contributed by atoms with Crippen LogP contribution in [0.3, 0.4) is 0 Å². The zero-order chi connectivity index (χ0) is 15.1. The van der Waals surface area contributed by atoms with Gasteiger partial charge < -0.3 is 5.01 Å². The first-order valence-corrected chi connectivity index (χ1v) is 7.25. The molecule has 1 saturated heterocycles. The summed E-state index contributed by atoms with van der Waals surface area (Å²) in [4.78, 5) is 16.9. The van der Waals surface area contributed by atoms with E-state index in [4.69, 9.17) is 0 Å². The van der Waals surface area contributed by atoms with Crippen LogP contribution in [-0.2, 0) is 0 Å². The Hall–Kier alpha value is -2.69. The van der Waals surface area contributed by atoms with Crippen molar-refractivity contribution >= 4 is 10.8 Å². The molecule has 0 bridgehead atoms.